The summed E-state index contributed by atoms with van der Waals surface area (Å²) in [6.07, 6.45) is 1.92. The first-order chi connectivity index (χ1) is 9.63. The summed E-state index contributed by atoms with van der Waals surface area (Å²) in [6, 6.07) is 7.82. The fourth-order valence-electron chi connectivity index (χ4n) is 1.86. The van der Waals surface area contributed by atoms with Gasteiger partial charge in [-0.1, -0.05) is 36.4 Å². The number of aromatic nitrogens is 2. The van der Waals surface area contributed by atoms with Crippen molar-refractivity contribution in [1.29, 1.82) is 0 Å². The van der Waals surface area contributed by atoms with E-state index in [1.54, 1.807) is 11.8 Å². The van der Waals surface area contributed by atoms with Gasteiger partial charge >= 0.3 is 0 Å². The van der Waals surface area contributed by atoms with Crippen molar-refractivity contribution < 1.29 is 0 Å². The summed E-state index contributed by atoms with van der Waals surface area (Å²) < 4.78 is 0. The van der Waals surface area contributed by atoms with E-state index in [1.165, 1.54) is 0 Å². The summed E-state index contributed by atoms with van der Waals surface area (Å²) in [4.78, 5) is 10.3. The average molecular weight is 308 g/mol. The lowest BCUT2D eigenvalue weighted by Gasteiger charge is -2.11. The number of rotatable bonds is 5. The van der Waals surface area contributed by atoms with E-state index >= 15 is 0 Å². The third-order valence-electron chi connectivity index (χ3n) is 2.87. The van der Waals surface area contributed by atoms with Crippen LogP contribution in [0, 0.1) is 6.92 Å². The highest BCUT2D eigenvalue weighted by molar-refractivity contribution is 7.99. The molecule has 0 amide bonds. The molecule has 1 aromatic carbocycles. The topological polar surface area (TPSA) is 37.8 Å². The summed E-state index contributed by atoms with van der Waals surface area (Å²) in [7, 11) is 1.89. The van der Waals surface area contributed by atoms with E-state index in [0.717, 1.165) is 45.0 Å². The van der Waals surface area contributed by atoms with Crippen molar-refractivity contribution in [1.82, 2.24) is 9.97 Å². The predicted molar refractivity (Wildman–Crippen MR) is 85.9 cm³/mol. The molecule has 106 valence electrons. The van der Waals surface area contributed by atoms with Crippen molar-refractivity contribution >= 4 is 29.2 Å². The van der Waals surface area contributed by atoms with Crippen LogP contribution in [0.2, 0.25) is 5.02 Å². The van der Waals surface area contributed by atoms with Crippen LogP contribution < -0.4 is 5.32 Å². The minimum atomic E-state index is 0.740. The molecule has 1 N–H and O–H groups in total. The van der Waals surface area contributed by atoms with Crippen LogP contribution in [0.15, 0.2) is 34.2 Å². The minimum absolute atomic E-state index is 0.740. The zero-order valence-corrected chi connectivity index (χ0v) is 13.5. The maximum Gasteiger partial charge on any atom is 0.133 e. The standard InChI is InChI=1S/C15H18ClN3S/c1-4-6-13-18-14(17-3)10(2)15(19-13)20-12-8-5-7-11(16)9-12/h5,7-9H,4,6H2,1-3H3,(H,17,18,19). The van der Waals surface area contributed by atoms with Gasteiger partial charge in [0.1, 0.15) is 16.7 Å². The summed E-state index contributed by atoms with van der Waals surface area (Å²) in [5.41, 5.74) is 1.07. The molecule has 2 aromatic rings. The smallest absolute Gasteiger partial charge is 0.133 e. The first kappa shape index (κ1) is 15.1. The summed E-state index contributed by atoms with van der Waals surface area (Å²) in [5, 5.41) is 4.86. The molecule has 0 aliphatic carbocycles. The lowest BCUT2D eigenvalue weighted by Crippen LogP contribution is -2.04. The van der Waals surface area contributed by atoms with Gasteiger partial charge in [0.05, 0.1) is 0 Å². The van der Waals surface area contributed by atoms with Crippen molar-refractivity contribution in [3.05, 3.63) is 40.7 Å². The third-order valence-corrected chi connectivity index (χ3v) is 4.18. The van der Waals surface area contributed by atoms with Crippen molar-refractivity contribution in [3.63, 3.8) is 0 Å². The zero-order valence-electron chi connectivity index (χ0n) is 11.9. The summed E-state index contributed by atoms with van der Waals surface area (Å²) in [6.45, 7) is 4.17. The van der Waals surface area contributed by atoms with E-state index in [0.29, 0.717) is 0 Å². The quantitative estimate of drug-likeness (QED) is 0.820. The largest absolute Gasteiger partial charge is 0.373 e. The molecule has 0 fully saturated rings. The Balaban J connectivity index is 2.36. The molecule has 3 nitrogen and oxygen atoms in total. The number of nitrogens with one attached hydrogen (secondary N) is 1. The van der Waals surface area contributed by atoms with Crippen molar-refractivity contribution in [2.24, 2.45) is 0 Å². The van der Waals surface area contributed by atoms with Gasteiger partial charge in [0.2, 0.25) is 0 Å². The van der Waals surface area contributed by atoms with Gasteiger partial charge in [0.25, 0.3) is 0 Å². The Bertz CT molecular complexity index is 602. The van der Waals surface area contributed by atoms with E-state index in [2.05, 4.69) is 22.2 Å². The van der Waals surface area contributed by atoms with Crippen LogP contribution in [0.1, 0.15) is 24.7 Å². The molecule has 0 aliphatic heterocycles. The molecule has 0 saturated carbocycles. The normalized spacial score (nSPS) is 10.6. The Labute approximate surface area is 129 Å². The third kappa shape index (κ3) is 3.64. The van der Waals surface area contributed by atoms with Gasteiger partial charge in [-0.25, -0.2) is 9.97 Å². The Hall–Kier alpha value is -1.26. The number of benzene rings is 1. The molecule has 20 heavy (non-hydrogen) atoms. The molecule has 1 heterocycles. The van der Waals surface area contributed by atoms with Gasteiger partial charge in [-0.05, 0) is 31.5 Å². The maximum absolute atomic E-state index is 6.03. The molecule has 1 aromatic heterocycles. The van der Waals surface area contributed by atoms with E-state index in [-0.39, 0.29) is 0 Å². The monoisotopic (exact) mass is 307 g/mol. The number of aryl methyl sites for hydroxylation is 1. The lowest BCUT2D eigenvalue weighted by molar-refractivity contribution is 0.804. The fourth-order valence-corrected chi connectivity index (χ4v) is 3.07. The van der Waals surface area contributed by atoms with Crippen LogP contribution in [0.3, 0.4) is 0 Å². The SMILES string of the molecule is CCCc1nc(NC)c(C)c(Sc2cccc(Cl)c2)n1. The maximum atomic E-state index is 6.03. The number of halogens is 1. The molecule has 0 saturated heterocycles. The Kier molecular flexibility index (Phi) is 5.26. The number of hydrogen-bond acceptors (Lipinski definition) is 4. The Morgan fingerprint density at radius 1 is 1.30 bits per heavy atom. The number of nitrogens with zero attached hydrogens (tertiary/aromatic N) is 2. The molecule has 0 spiro atoms. The van der Waals surface area contributed by atoms with Crippen molar-refractivity contribution in [2.75, 3.05) is 12.4 Å². The average Bonchev–Trinajstić information content (AvgIpc) is 2.42. The number of anilines is 1. The molecule has 5 heteroatoms. The second-order valence-electron chi connectivity index (χ2n) is 4.48. The van der Waals surface area contributed by atoms with Gasteiger partial charge in [-0.15, -0.1) is 0 Å². The Morgan fingerprint density at radius 2 is 2.10 bits per heavy atom. The molecule has 0 aliphatic rings. The van der Waals surface area contributed by atoms with Crippen molar-refractivity contribution in [2.45, 2.75) is 36.6 Å². The van der Waals surface area contributed by atoms with Crippen LogP contribution in [-0.2, 0) is 6.42 Å². The highest BCUT2D eigenvalue weighted by Gasteiger charge is 2.11. The van der Waals surface area contributed by atoms with E-state index in [9.17, 15) is 0 Å². The molecule has 0 unspecified atom stereocenters. The van der Waals surface area contributed by atoms with E-state index in [1.807, 2.05) is 38.2 Å². The second kappa shape index (κ2) is 6.95. The molecule has 0 radical (unpaired) electrons. The fraction of sp³-hybridized carbons (Fsp3) is 0.333. The molecule has 2 rings (SSSR count). The Morgan fingerprint density at radius 3 is 2.75 bits per heavy atom. The predicted octanol–water partition coefficient (Wildman–Crippen LogP) is 4.58. The molecular formula is C15H18ClN3S. The first-order valence-corrected chi connectivity index (χ1v) is 7.82. The number of hydrogen-bond donors (Lipinski definition) is 1. The van der Waals surface area contributed by atoms with Crippen LogP contribution in [0.5, 0.6) is 0 Å². The van der Waals surface area contributed by atoms with Crippen LogP contribution in [0.4, 0.5) is 5.82 Å². The highest BCUT2D eigenvalue weighted by atomic mass is 35.5. The van der Waals surface area contributed by atoms with Crippen LogP contribution in [-0.4, -0.2) is 17.0 Å². The molecular weight excluding hydrogens is 290 g/mol. The van der Waals surface area contributed by atoms with Gasteiger partial charge in [0.15, 0.2) is 0 Å². The van der Waals surface area contributed by atoms with Crippen LogP contribution in [0.25, 0.3) is 0 Å². The summed E-state index contributed by atoms with van der Waals surface area (Å²) in [5.74, 6) is 1.78. The van der Waals surface area contributed by atoms with Gasteiger partial charge < -0.3 is 5.32 Å². The van der Waals surface area contributed by atoms with Gasteiger partial charge in [-0.2, -0.15) is 0 Å². The van der Waals surface area contributed by atoms with E-state index < -0.39 is 0 Å². The molecule has 0 atom stereocenters. The van der Waals surface area contributed by atoms with Gasteiger partial charge in [-0.3, -0.25) is 0 Å². The van der Waals surface area contributed by atoms with Gasteiger partial charge in [0, 0.05) is 29.0 Å². The highest BCUT2D eigenvalue weighted by Crippen LogP contribution is 2.32. The first-order valence-electron chi connectivity index (χ1n) is 6.62. The molecule has 0 bridgehead atoms. The second-order valence-corrected chi connectivity index (χ2v) is 5.98. The lowest BCUT2D eigenvalue weighted by atomic mass is 10.3. The summed E-state index contributed by atoms with van der Waals surface area (Å²) >= 11 is 7.65. The van der Waals surface area contributed by atoms with E-state index in [4.69, 9.17) is 11.6 Å². The zero-order chi connectivity index (χ0) is 14.5. The minimum Gasteiger partial charge on any atom is -0.373 e. The van der Waals surface area contributed by atoms with Crippen molar-refractivity contribution in [3.8, 4) is 0 Å². The van der Waals surface area contributed by atoms with Crippen LogP contribution >= 0.6 is 23.4 Å².